The molecule has 0 amide bonds. The van der Waals surface area contributed by atoms with Gasteiger partial charge < -0.3 is 9.72 Å². The van der Waals surface area contributed by atoms with E-state index >= 15 is 0 Å². The largest absolute Gasteiger partial charge is 0.379 e. The molecule has 1 aliphatic rings. The molecular formula is C15H15N5O2. The van der Waals surface area contributed by atoms with Gasteiger partial charge in [0.25, 0.3) is 5.56 Å². The zero-order valence-corrected chi connectivity index (χ0v) is 11.9. The van der Waals surface area contributed by atoms with Crippen molar-refractivity contribution in [3.8, 4) is 0 Å². The molecule has 0 spiro atoms. The Bertz CT molecular complexity index is 849. The fourth-order valence-electron chi connectivity index (χ4n) is 2.74. The van der Waals surface area contributed by atoms with Crippen LogP contribution in [0, 0.1) is 0 Å². The molecule has 7 heteroatoms. The van der Waals surface area contributed by atoms with Crippen LogP contribution in [-0.4, -0.2) is 37.9 Å². The third-order valence-corrected chi connectivity index (χ3v) is 3.86. The summed E-state index contributed by atoms with van der Waals surface area (Å²) in [5, 5.41) is 4.84. The predicted octanol–water partition coefficient (Wildman–Crippen LogP) is 1.07. The van der Waals surface area contributed by atoms with Crippen molar-refractivity contribution < 1.29 is 4.74 Å². The number of pyridine rings is 1. The first kappa shape index (κ1) is 13.1. The van der Waals surface area contributed by atoms with Crippen LogP contribution in [0.4, 0.5) is 0 Å². The van der Waals surface area contributed by atoms with Crippen molar-refractivity contribution in [2.75, 3.05) is 13.2 Å². The van der Waals surface area contributed by atoms with Crippen LogP contribution in [0.3, 0.4) is 0 Å². The molecule has 4 rings (SSSR count). The molecule has 1 fully saturated rings. The number of hydrogen-bond acceptors (Lipinski definition) is 5. The Balaban J connectivity index is 1.77. The van der Waals surface area contributed by atoms with Crippen molar-refractivity contribution in [3.05, 3.63) is 52.5 Å². The average Bonchev–Trinajstić information content (AvgIpc) is 3.17. The van der Waals surface area contributed by atoms with Crippen LogP contribution in [0.25, 0.3) is 11.0 Å². The van der Waals surface area contributed by atoms with E-state index < -0.39 is 0 Å². The highest BCUT2D eigenvalue weighted by molar-refractivity contribution is 5.73. The predicted molar refractivity (Wildman–Crippen MR) is 79.7 cm³/mol. The quantitative estimate of drug-likeness (QED) is 0.781. The molecule has 1 N–H and O–H groups in total. The molecule has 22 heavy (non-hydrogen) atoms. The van der Waals surface area contributed by atoms with E-state index in [9.17, 15) is 4.79 Å². The summed E-state index contributed by atoms with van der Waals surface area (Å²) in [6.45, 7) is 1.33. The Kier molecular flexibility index (Phi) is 3.19. The number of ether oxygens (including phenoxy) is 1. The Morgan fingerprint density at radius 3 is 3.14 bits per heavy atom. The molecule has 0 radical (unpaired) electrons. The maximum absolute atomic E-state index is 12.2. The lowest BCUT2D eigenvalue weighted by atomic mass is 10.2. The number of rotatable bonds is 3. The summed E-state index contributed by atoms with van der Waals surface area (Å²) in [4.78, 5) is 23.7. The zero-order valence-electron chi connectivity index (χ0n) is 11.9. The van der Waals surface area contributed by atoms with Gasteiger partial charge >= 0.3 is 0 Å². The van der Waals surface area contributed by atoms with Crippen LogP contribution in [0.1, 0.15) is 23.9 Å². The number of nitrogens with zero attached hydrogens (tertiary/aromatic N) is 4. The van der Waals surface area contributed by atoms with E-state index in [4.69, 9.17) is 4.74 Å². The lowest BCUT2D eigenvalue weighted by Crippen LogP contribution is -2.15. The minimum Gasteiger partial charge on any atom is -0.379 e. The molecule has 1 atom stereocenters. The summed E-state index contributed by atoms with van der Waals surface area (Å²) in [6.07, 6.45) is 6.49. The van der Waals surface area contributed by atoms with Crippen molar-refractivity contribution in [2.24, 2.45) is 0 Å². The summed E-state index contributed by atoms with van der Waals surface area (Å²) in [6, 6.07) is 3.98. The first-order chi connectivity index (χ1) is 10.8. The van der Waals surface area contributed by atoms with Gasteiger partial charge in [-0.2, -0.15) is 5.10 Å². The molecule has 1 aliphatic heterocycles. The highest BCUT2D eigenvalue weighted by atomic mass is 16.5. The van der Waals surface area contributed by atoms with Gasteiger partial charge in [-0.1, -0.05) is 6.07 Å². The maximum Gasteiger partial charge on any atom is 0.262 e. The standard InChI is InChI=1S/C15H15N5O2/c21-15-12-8-17-20(11-3-5-22-9-11)14(12)18-13(19-15)6-10-2-1-4-16-7-10/h1-2,4,7-8,11H,3,5-6,9H2,(H,18,19,21). The molecule has 4 heterocycles. The lowest BCUT2D eigenvalue weighted by Gasteiger charge is -2.09. The second-order valence-corrected chi connectivity index (χ2v) is 5.39. The molecule has 7 nitrogen and oxygen atoms in total. The molecule has 1 saturated heterocycles. The minimum absolute atomic E-state index is 0.151. The Hall–Kier alpha value is -2.54. The van der Waals surface area contributed by atoms with Gasteiger partial charge in [-0.05, 0) is 18.1 Å². The van der Waals surface area contributed by atoms with Crippen LogP contribution in [0.15, 0.2) is 35.5 Å². The first-order valence-electron chi connectivity index (χ1n) is 7.24. The van der Waals surface area contributed by atoms with Crippen LogP contribution in [0.5, 0.6) is 0 Å². The van der Waals surface area contributed by atoms with Gasteiger partial charge in [0, 0.05) is 25.4 Å². The van der Waals surface area contributed by atoms with Crippen LogP contribution in [0.2, 0.25) is 0 Å². The topological polar surface area (TPSA) is 85.7 Å². The normalized spacial score (nSPS) is 18.1. The number of nitrogens with one attached hydrogen (secondary N) is 1. The van der Waals surface area contributed by atoms with Gasteiger partial charge in [0.2, 0.25) is 0 Å². The van der Waals surface area contributed by atoms with Crippen LogP contribution < -0.4 is 5.56 Å². The number of aromatic nitrogens is 5. The van der Waals surface area contributed by atoms with E-state index in [0.29, 0.717) is 29.9 Å². The van der Waals surface area contributed by atoms with E-state index in [-0.39, 0.29) is 11.6 Å². The molecule has 0 aromatic carbocycles. The zero-order chi connectivity index (χ0) is 14.9. The fraction of sp³-hybridized carbons (Fsp3) is 0.333. The SMILES string of the molecule is O=c1[nH]c(Cc2cccnc2)nc2c1cnn2C1CCOC1. The van der Waals surface area contributed by atoms with Crippen LogP contribution in [-0.2, 0) is 11.2 Å². The molecule has 3 aromatic heterocycles. The fourth-order valence-corrected chi connectivity index (χ4v) is 2.74. The average molecular weight is 297 g/mol. The number of aromatic amines is 1. The number of H-pyrrole nitrogens is 1. The van der Waals surface area contributed by atoms with Crippen molar-refractivity contribution in [1.29, 1.82) is 0 Å². The minimum atomic E-state index is -0.158. The highest BCUT2D eigenvalue weighted by Crippen LogP contribution is 2.21. The Labute approximate surface area is 126 Å². The molecule has 1 unspecified atom stereocenters. The monoisotopic (exact) mass is 297 g/mol. The van der Waals surface area contributed by atoms with Crippen molar-refractivity contribution in [2.45, 2.75) is 18.9 Å². The van der Waals surface area contributed by atoms with Gasteiger partial charge in [-0.3, -0.25) is 9.78 Å². The van der Waals surface area contributed by atoms with Crippen LogP contribution >= 0.6 is 0 Å². The second-order valence-electron chi connectivity index (χ2n) is 5.39. The van der Waals surface area contributed by atoms with Gasteiger partial charge in [0.1, 0.15) is 11.2 Å². The van der Waals surface area contributed by atoms with Gasteiger partial charge in [0.05, 0.1) is 18.8 Å². The van der Waals surface area contributed by atoms with E-state index in [2.05, 4.69) is 20.1 Å². The smallest absolute Gasteiger partial charge is 0.262 e. The number of hydrogen-bond donors (Lipinski definition) is 1. The van der Waals surface area contributed by atoms with E-state index in [1.807, 2.05) is 16.8 Å². The van der Waals surface area contributed by atoms with E-state index in [1.54, 1.807) is 18.6 Å². The molecule has 0 aliphatic carbocycles. The Morgan fingerprint density at radius 2 is 2.36 bits per heavy atom. The van der Waals surface area contributed by atoms with Gasteiger partial charge in [-0.15, -0.1) is 0 Å². The van der Waals surface area contributed by atoms with Crippen molar-refractivity contribution >= 4 is 11.0 Å². The number of fused-ring (bicyclic) bond motifs is 1. The van der Waals surface area contributed by atoms with E-state index in [1.165, 1.54) is 0 Å². The molecule has 0 bridgehead atoms. The maximum atomic E-state index is 12.2. The molecule has 0 saturated carbocycles. The summed E-state index contributed by atoms with van der Waals surface area (Å²) >= 11 is 0. The first-order valence-corrected chi connectivity index (χ1v) is 7.24. The summed E-state index contributed by atoms with van der Waals surface area (Å²) in [7, 11) is 0. The lowest BCUT2D eigenvalue weighted by molar-refractivity contribution is 0.185. The summed E-state index contributed by atoms with van der Waals surface area (Å²) < 4.78 is 7.21. The van der Waals surface area contributed by atoms with Crippen molar-refractivity contribution in [1.82, 2.24) is 24.7 Å². The van der Waals surface area contributed by atoms with E-state index in [0.717, 1.165) is 18.6 Å². The molecule has 3 aromatic rings. The second kappa shape index (κ2) is 5.34. The van der Waals surface area contributed by atoms with Gasteiger partial charge in [-0.25, -0.2) is 9.67 Å². The summed E-state index contributed by atoms with van der Waals surface area (Å²) in [5.74, 6) is 0.617. The van der Waals surface area contributed by atoms with Crippen molar-refractivity contribution in [3.63, 3.8) is 0 Å². The Morgan fingerprint density at radius 1 is 1.41 bits per heavy atom. The molecular weight excluding hydrogens is 282 g/mol. The van der Waals surface area contributed by atoms with Gasteiger partial charge in [0.15, 0.2) is 5.65 Å². The third-order valence-electron chi connectivity index (χ3n) is 3.86. The summed E-state index contributed by atoms with van der Waals surface area (Å²) in [5.41, 5.74) is 1.47. The molecule has 112 valence electrons. The third kappa shape index (κ3) is 2.29. The highest BCUT2D eigenvalue weighted by Gasteiger charge is 2.22.